The molecular formula is C13H8ClNO4S. The molecule has 0 unspecified atom stereocenters. The van der Waals surface area contributed by atoms with Crippen molar-refractivity contribution in [3.05, 3.63) is 34.7 Å². The van der Waals surface area contributed by atoms with E-state index in [0.29, 0.717) is 11.3 Å². The van der Waals surface area contributed by atoms with E-state index in [2.05, 4.69) is 5.16 Å². The number of carboxylic acid groups (broad SMARTS) is 1. The highest BCUT2D eigenvalue weighted by Gasteiger charge is 2.17. The van der Waals surface area contributed by atoms with Crippen molar-refractivity contribution < 1.29 is 19.2 Å². The summed E-state index contributed by atoms with van der Waals surface area (Å²) in [5, 5.41) is 15.6. The molecule has 7 heteroatoms. The standard InChI is InChI=1S/C13H8ClNO4S/c14-11-8(18-6-10(16)17)4-3-7-12(15-19-13(7)11)9-2-1-5-20-9/h1-5H,6H2,(H,16,17). The zero-order chi connectivity index (χ0) is 14.1. The van der Waals surface area contributed by atoms with Gasteiger partial charge in [-0.15, -0.1) is 11.3 Å². The molecule has 3 rings (SSSR count). The number of aliphatic carboxylic acids is 1. The number of carbonyl (C=O) groups is 1. The van der Waals surface area contributed by atoms with E-state index >= 15 is 0 Å². The molecule has 2 aromatic heterocycles. The summed E-state index contributed by atoms with van der Waals surface area (Å²) >= 11 is 7.70. The molecule has 2 heterocycles. The van der Waals surface area contributed by atoms with E-state index in [1.165, 1.54) is 0 Å². The lowest BCUT2D eigenvalue weighted by Gasteiger charge is -2.04. The van der Waals surface area contributed by atoms with E-state index in [0.717, 1.165) is 10.3 Å². The van der Waals surface area contributed by atoms with E-state index < -0.39 is 12.6 Å². The monoisotopic (exact) mass is 309 g/mol. The quantitative estimate of drug-likeness (QED) is 0.796. The number of rotatable bonds is 4. The Labute approximate surface area is 122 Å². The number of fused-ring (bicyclic) bond motifs is 1. The zero-order valence-corrected chi connectivity index (χ0v) is 11.6. The Morgan fingerprint density at radius 2 is 2.30 bits per heavy atom. The summed E-state index contributed by atoms with van der Waals surface area (Å²) in [6.07, 6.45) is 0. The first-order valence-electron chi connectivity index (χ1n) is 5.63. The number of hydrogen-bond acceptors (Lipinski definition) is 5. The first-order chi connectivity index (χ1) is 9.66. The van der Waals surface area contributed by atoms with E-state index in [1.54, 1.807) is 23.5 Å². The van der Waals surface area contributed by atoms with Gasteiger partial charge in [0, 0.05) is 0 Å². The maximum atomic E-state index is 10.5. The van der Waals surface area contributed by atoms with Crippen molar-refractivity contribution in [2.24, 2.45) is 0 Å². The number of hydrogen-bond donors (Lipinski definition) is 1. The third-order valence-electron chi connectivity index (χ3n) is 2.65. The maximum absolute atomic E-state index is 10.5. The smallest absolute Gasteiger partial charge is 0.341 e. The van der Waals surface area contributed by atoms with Gasteiger partial charge in [-0.3, -0.25) is 0 Å². The fraction of sp³-hybridized carbons (Fsp3) is 0.0769. The van der Waals surface area contributed by atoms with Crippen LogP contribution in [0.2, 0.25) is 5.02 Å². The molecule has 0 aliphatic rings. The van der Waals surface area contributed by atoms with Gasteiger partial charge in [-0.1, -0.05) is 22.8 Å². The second-order valence-corrected chi connectivity index (χ2v) is 5.27. The number of ether oxygens (including phenoxy) is 1. The molecule has 0 radical (unpaired) electrons. The topological polar surface area (TPSA) is 72.6 Å². The average Bonchev–Trinajstić information content (AvgIpc) is 3.06. The number of thiophene rings is 1. The Morgan fingerprint density at radius 1 is 1.45 bits per heavy atom. The van der Waals surface area contributed by atoms with Gasteiger partial charge in [0.1, 0.15) is 16.5 Å². The van der Waals surface area contributed by atoms with Crippen molar-refractivity contribution in [2.75, 3.05) is 6.61 Å². The molecule has 20 heavy (non-hydrogen) atoms. The first-order valence-corrected chi connectivity index (χ1v) is 6.89. The van der Waals surface area contributed by atoms with Crippen molar-refractivity contribution in [3.8, 4) is 16.3 Å². The van der Waals surface area contributed by atoms with Crippen LogP contribution in [0.3, 0.4) is 0 Å². The predicted molar refractivity (Wildman–Crippen MR) is 75.5 cm³/mol. The second-order valence-electron chi connectivity index (χ2n) is 3.95. The fourth-order valence-electron chi connectivity index (χ4n) is 1.80. The van der Waals surface area contributed by atoms with Crippen molar-refractivity contribution in [3.63, 3.8) is 0 Å². The molecule has 1 aromatic carbocycles. The van der Waals surface area contributed by atoms with Gasteiger partial charge in [-0.2, -0.15) is 0 Å². The summed E-state index contributed by atoms with van der Waals surface area (Å²) in [6.45, 7) is -0.461. The molecule has 0 aliphatic carbocycles. The summed E-state index contributed by atoms with van der Waals surface area (Å²) in [4.78, 5) is 11.5. The highest BCUT2D eigenvalue weighted by Crippen LogP contribution is 2.38. The molecule has 1 N–H and O–H groups in total. The van der Waals surface area contributed by atoms with E-state index in [1.807, 2.05) is 17.5 Å². The van der Waals surface area contributed by atoms with Crippen LogP contribution >= 0.6 is 22.9 Å². The maximum Gasteiger partial charge on any atom is 0.341 e. The molecular weight excluding hydrogens is 302 g/mol. The van der Waals surface area contributed by atoms with Crippen LogP contribution < -0.4 is 4.74 Å². The summed E-state index contributed by atoms with van der Waals surface area (Å²) in [5.74, 6) is -0.812. The molecule has 0 aliphatic heterocycles. The van der Waals surface area contributed by atoms with Gasteiger partial charge in [0.15, 0.2) is 12.2 Å². The molecule has 0 saturated heterocycles. The third-order valence-corrected chi connectivity index (χ3v) is 3.89. The molecule has 0 bridgehead atoms. The number of benzene rings is 1. The van der Waals surface area contributed by atoms with Crippen LogP contribution in [-0.4, -0.2) is 22.8 Å². The number of aromatic nitrogens is 1. The molecule has 102 valence electrons. The van der Waals surface area contributed by atoms with Gasteiger partial charge >= 0.3 is 5.97 Å². The van der Waals surface area contributed by atoms with Crippen LogP contribution in [0, 0.1) is 0 Å². The second kappa shape index (κ2) is 5.15. The Hall–Kier alpha value is -2.05. The molecule has 3 aromatic rings. The summed E-state index contributed by atoms with van der Waals surface area (Å²) < 4.78 is 10.3. The Bertz CT molecular complexity index is 766. The Kier molecular flexibility index (Phi) is 3.33. The van der Waals surface area contributed by atoms with E-state index in [9.17, 15) is 4.79 Å². The lowest BCUT2D eigenvalue weighted by Crippen LogP contribution is -2.09. The van der Waals surface area contributed by atoms with Crippen molar-refractivity contribution in [1.82, 2.24) is 5.16 Å². The SMILES string of the molecule is O=C(O)COc1ccc2c(-c3cccs3)noc2c1Cl. The minimum absolute atomic E-state index is 0.221. The van der Waals surface area contributed by atoms with Crippen molar-refractivity contribution in [2.45, 2.75) is 0 Å². The highest BCUT2D eigenvalue weighted by molar-refractivity contribution is 7.13. The summed E-state index contributed by atoms with van der Waals surface area (Å²) in [6, 6.07) is 7.23. The van der Waals surface area contributed by atoms with Crippen LogP contribution in [0.1, 0.15) is 0 Å². The zero-order valence-electron chi connectivity index (χ0n) is 10.00. The lowest BCUT2D eigenvalue weighted by molar-refractivity contribution is -0.139. The van der Waals surface area contributed by atoms with Gasteiger partial charge in [0.05, 0.1) is 10.3 Å². The molecule has 0 saturated carbocycles. The molecule has 0 amide bonds. The lowest BCUT2D eigenvalue weighted by atomic mass is 10.2. The molecule has 0 fully saturated rings. The van der Waals surface area contributed by atoms with Crippen molar-refractivity contribution >= 4 is 39.9 Å². The van der Waals surface area contributed by atoms with E-state index in [-0.39, 0.29) is 10.8 Å². The Morgan fingerprint density at radius 3 is 3.00 bits per heavy atom. The van der Waals surface area contributed by atoms with Crippen LogP contribution in [0.5, 0.6) is 5.75 Å². The summed E-state index contributed by atoms with van der Waals surface area (Å²) in [5.41, 5.74) is 1.10. The number of carboxylic acids is 1. The third kappa shape index (κ3) is 2.23. The van der Waals surface area contributed by atoms with Crippen molar-refractivity contribution in [1.29, 1.82) is 0 Å². The van der Waals surface area contributed by atoms with E-state index in [4.69, 9.17) is 26.0 Å². The average molecular weight is 310 g/mol. The van der Waals surface area contributed by atoms with Gasteiger partial charge in [-0.05, 0) is 23.6 Å². The molecule has 0 atom stereocenters. The fourth-order valence-corrected chi connectivity index (χ4v) is 2.77. The minimum Gasteiger partial charge on any atom is -0.480 e. The number of halogens is 1. The largest absolute Gasteiger partial charge is 0.480 e. The minimum atomic E-state index is -1.07. The van der Waals surface area contributed by atoms with Crippen LogP contribution in [0.25, 0.3) is 21.5 Å². The van der Waals surface area contributed by atoms with Crippen LogP contribution in [-0.2, 0) is 4.79 Å². The van der Waals surface area contributed by atoms with Crippen LogP contribution in [0.15, 0.2) is 34.2 Å². The van der Waals surface area contributed by atoms with Gasteiger partial charge < -0.3 is 14.4 Å². The normalized spacial score (nSPS) is 10.8. The highest BCUT2D eigenvalue weighted by atomic mass is 35.5. The Balaban J connectivity index is 2.04. The van der Waals surface area contributed by atoms with Gasteiger partial charge in [0.2, 0.25) is 0 Å². The predicted octanol–water partition coefficient (Wildman–Crippen LogP) is 3.67. The first kappa shape index (κ1) is 13.0. The van der Waals surface area contributed by atoms with Gasteiger partial charge in [-0.25, -0.2) is 4.79 Å². The van der Waals surface area contributed by atoms with Gasteiger partial charge in [0.25, 0.3) is 0 Å². The molecule has 0 spiro atoms. The molecule has 5 nitrogen and oxygen atoms in total. The summed E-state index contributed by atoms with van der Waals surface area (Å²) in [7, 11) is 0. The number of nitrogens with zero attached hydrogens (tertiary/aromatic N) is 1. The van der Waals surface area contributed by atoms with Crippen LogP contribution in [0.4, 0.5) is 0 Å².